The van der Waals surface area contributed by atoms with Gasteiger partial charge in [0, 0.05) is 13.2 Å². The number of aliphatic hydroxyl groups excluding tert-OH is 2. The molecule has 0 aliphatic carbocycles. The van der Waals surface area contributed by atoms with Gasteiger partial charge in [-0.05, 0) is 12.8 Å². The zero-order chi connectivity index (χ0) is 34.4. The second-order valence-corrected chi connectivity index (χ2v) is 14.8. The van der Waals surface area contributed by atoms with Gasteiger partial charge in [-0.3, -0.25) is 0 Å². The zero-order valence-electron chi connectivity index (χ0n) is 33.0. The quantitative estimate of drug-likeness (QED) is 0.0637. The lowest BCUT2D eigenvalue weighted by atomic mass is 10.0. The lowest BCUT2D eigenvalue weighted by Crippen LogP contribution is -2.00. The summed E-state index contributed by atoms with van der Waals surface area (Å²) < 4.78 is 5.27. The molecule has 0 bridgehead atoms. The predicted octanol–water partition coefficient (Wildman–Crippen LogP) is 14.8. The molecule has 0 unspecified atom stereocenters. The van der Waals surface area contributed by atoms with Gasteiger partial charge in [-0.25, -0.2) is 0 Å². The molecule has 3 heteroatoms. The van der Waals surface area contributed by atoms with E-state index >= 15 is 0 Å². The van der Waals surface area contributed by atoms with Crippen molar-refractivity contribution >= 4 is 0 Å². The molecule has 0 aliphatic heterocycles. The molecule has 0 amide bonds. The standard InChI is InChI=1S/C23H48O2.C21H44O/c1-2-3-4-5-6-7-8-9-10-11-12-13-14-15-16-17-18-19-20-22-25-23-21-24;1-2-3-4-5-6-7-8-9-10-11-12-13-14-15-16-17-18-19-20-21-22/h24H,2-23H2,1H3;22H,2-21H2,1H3. The number of hydrogen-bond donors (Lipinski definition) is 2. The highest BCUT2D eigenvalue weighted by Crippen LogP contribution is 2.16. The van der Waals surface area contributed by atoms with Crippen molar-refractivity contribution in [1.82, 2.24) is 0 Å². The maximum Gasteiger partial charge on any atom is 0.0697 e. The van der Waals surface area contributed by atoms with Crippen LogP contribution in [0.4, 0.5) is 0 Å². The van der Waals surface area contributed by atoms with E-state index in [0.717, 1.165) is 19.4 Å². The van der Waals surface area contributed by atoms with Gasteiger partial charge in [0.15, 0.2) is 0 Å². The number of rotatable bonds is 41. The molecule has 0 saturated heterocycles. The Labute approximate surface area is 298 Å². The summed E-state index contributed by atoms with van der Waals surface area (Å²) in [5, 5.41) is 17.3. The summed E-state index contributed by atoms with van der Waals surface area (Å²) in [6.45, 7) is 6.43. The molecule has 3 nitrogen and oxygen atoms in total. The Morgan fingerprint density at radius 3 is 0.660 bits per heavy atom. The number of aliphatic hydroxyl groups is 2. The van der Waals surface area contributed by atoms with E-state index in [2.05, 4.69) is 13.8 Å². The van der Waals surface area contributed by atoms with Crippen molar-refractivity contribution in [2.75, 3.05) is 26.4 Å². The van der Waals surface area contributed by atoms with Crippen molar-refractivity contribution in [3.63, 3.8) is 0 Å². The molecule has 0 fully saturated rings. The molecule has 286 valence electrons. The molecular formula is C44H92O3. The molecule has 0 aliphatic rings. The number of hydrogen-bond acceptors (Lipinski definition) is 3. The molecule has 0 aromatic carbocycles. The van der Waals surface area contributed by atoms with Gasteiger partial charge in [0.1, 0.15) is 0 Å². The molecule has 0 aromatic heterocycles. The van der Waals surface area contributed by atoms with E-state index in [4.69, 9.17) is 14.9 Å². The largest absolute Gasteiger partial charge is 0.396 e. The third-order valence-corrected chi connectivity index (χ3v) is 9.89. The fourth-order valence-electron chi connectivity index (χ4n) is 6.64. The van der Waals surface area contributed by atoms with Gasteiger partial charge in [0.25, 0.3) is 0 Å². The molecule has 0 saturated carbocycles. The van der Waals surface area contributed by atoms with Crippen molar-refractivity contribution in [1.29, 1.82) is 0 Å². The Morgan fingerprint density at radius 2 is 0.447 bits per heavy atom. The summed E-state index contributed by atoms with van der Waals surface area (Å²) in [5.74, 6) is 0. The highest BCUT2D eigenvalue weighted by Gasteiger charge is 1.97. The van der Waals surface area contributed by atoms with Crippen LogP contribution in [-0.4, -0.2) is 36.6 Å². The van der Waals surface area contributed by atoms with E-state index in [-0.39, 0.29) is 6.61 Å². The van der Waals surface area contributed by atoms with Crippen LogP contribution in [0.15, 0.2) is 0 Å². The van der Waals surface area contributed by atoms with Crippen molar-refractivity contribution < 1.29 is 14.9 Å². The maximum atomic E-state index is 8.70. The topological polar surface area (TPSA) is 49.7 Å². The number of ether oxygens (including phenoxy) is 1. The monoisotopic (exact) mass is 669 g/mol. The molecule has 0 heterocycles. The zero-order valence-corrected chi connectivity index (χ0v) is 33.0. The summed E-state index contributed by atoms with van der Waals surface area (Å²) in [5.41, 5.74) is 0. The van der Waals surface area contributed by atoms with Crippen molar-refractivity contribution in [3.8, 4) is 0 Å². The van der Waals surface area contributed by atoms with Crippen LogP contribution < -0.4 is 0 Å². The Morgan fingerprint density at radius 1 is 0.234 bits per heavy atom. The average Bonchev–Trinajstić information content (AvgIpc) is 3.09. The third-order valence-electron chi connectivity index (χ3n) is 9.89. The van der Waals surface area contributed by atoms with E-state index in [1.54, 1.807) is 0 Å². The lowest BCUT2D eigenvalue weighted by Gasteiger charge is -2.04. The third kappa shape index (κ3) is 52.9. The van der Waals surface area contributed by atoms with E-state index in [0.29, 0.717) is 13.2 Å². The molecule has 0 atom stereocenters. The minimum Gasteiger partial charge on any atom is -0.396 e. The van der Waals surface area contributed by atoms with E-state index < -0.39 is 0 Å². The highest BCUT2D eigenvalue weighted by molar-refractivity contribution is 4.52. The van der Waals surface area contributed by atoms with Gasteiger partial charge in [-0.2, -0.15) is 0 Å². The van der Waals surface area contributed by atoms with E-state index in [1.165, 1.54) is 231 Å². The van der Waals surface area contributed by atoms with Crippen LogP contribution in [0.25, 0.3) is 0 Å². The fourth-order valence-corrected chi connectivity index (χ4v) is 6.64. The molecule has 0 spiro atoms. The van der Waals surface area contributed by atoms with Gasteiger partial charge in [0.2, 0.25) is 0 Å². The summed E-state index contributed by atoms with van der Waals surface area (Å²) in [7, 11) is 0. The first-order valence-electron chi connectivity index (χ1n) is 22.1. The Hall–Kier alpha value is -0.120. The molecule has 0 aromatic rings. The minimum absolute atomic E-state index is 0.152. The lowest BCUT2D eigenvalue weighted by molar-refractivity contribution is 0.0895. The Bertz CT molecular complexity index is 441. The van der Waals surface area contributed by atoms with Crippen molar-refractivity contribution in [2.45, 2.75) is 258 Å². The first-order valence-corrected chi connectivity index (χ1v) is 22.1. The number of unbranched alkanes of at least 4 members (excludes halogenated alkanes) is 36. The van der Waals surface area contributed by atoms with Gasteiger partial charge >= 0.3 is 0 Å². The van der Waals surface area contributed by atoms with E-state index in [9.17, 15) is 0 Å². The predicted molar refractivity (Wildman–Crippen MR) is 212 cm³/mol. The van der Waals surface area contributed by atoms with Gasteiger partial charge < -0.3 is 14.9 Å². The Kier molecular flexibility index (Phi) is 52.4. The van der Waals surface area contributed by atoms with E-state index in [1.807, 2.05) is 0 Å². The molecular weight excluding hydrogens is 576 g/mol. The van der Waals surface area contributed by atoms with Crippen LogP contribution in [0.3, 0.4) is 0 Å². The summed E-state index contributed by atoms with van der Waals surface area (Å²) in [6, 6.07) is 0. The maximum absolute atomic E-state index is 8.70. The van der Waals surface area contributed by atoms with Crippen LogP contribution in [0, 0.1) is 0 Å². The first kappa shape index (κ1) is 49.0. The molecule has 2 N–H and O–H groups in total. The van der Waals surface area contributed by atoms with Crippen LogP contribution in [-0.2, 0) is 4.74 Å². The van der Waals surface area contributed by atoms with Crippen LogP contribution >= 0.6 is 0 Å². The second kappa shape index (κ2) is 50.3. The fraction of sp³-hybridized carbons (Fsp3) is 1.00. The Balaban J connectivity index is 0. The minimum atomic E-state index is 0.152. The summed E-state index contributed by atoms with van der Waals surface area (Å²) in [4.78, 5) is 0. The highest BCUT2D eigenvalue weighted by atomic mass is 16.5. The summed E-state index contributed by atoms with van der Waals surface area (Å²) in [6.07, 6.45) is 53.5. The van der Waals surface area contributed by atoms with Crippen molar-refractivity contribution in [2.24, 2.45) is 0 Å². The van der Waals surface area contributed by atoms with Crippen LogP contribution in [0.2, 0.25) is 0 Å². The van der Waals surface area contributed by atoms with Crippen molar-refractivity contribution in [3.05, 3.63) is 0 Å². The van der Waals surface area contributed by atoms with Crippen LogP contribution in [0.5, 0.6) is 0 Å². The van der Waals surface area contributed by atoms with Crippen LogP contribution in [0.1, 0.15) is 258 Å². The second-order valence-electron chi connectivity index (χ2n) is 14.8. The normalized spacial score (nSPS) is 11.2. The average molecular weight is 669 g/mol. The summed E-state index contributed by atoms with van der Waals surface area (Å²) >= 11 is 0. The SMILES string of the molecule is CCCCCCCCCCCCCCCCCCCCCO.CCCCCCCCCCCCCCCCCCCCCOCCO. The molecule has 47 heavy (non-hydrogen) atoms. The van der Waals surface area contributed by atoms with Gasteiger partial charge in [-0.1, -0.05) is 245 Å². The first-order chi connectivity index (χ1) is 23.3. The molecule has 0 radical (unpaired) electrons. The molecule has 0 rings (SSSR count). The van der Waals surface area contributed by atoms with Gasteiger partial charge in [-0.15, -0.1) is 0 Å². The van der Waals surface area contributed by atoms with Gasteiger partial charge in [0.05, 0.1) is 13.2 Å². The smallest absolute Gasteiger partial charge is 0.0697 e.